The molecule has 0 aliphatic heterocycles. The number of hydrogen-bond donors (Lipinski definition) is 2. The van der Waals surface area contributed by atoms with Gasteiger partial charge in [-0.05, 0) is 36.7 Å². The minimum absolute atomic E-state index is 0.0139. The molecule has 0 spiro atoms. The van der Waals surface area contributed by atoms with E-state index < -0.39 is 11.5 Å². The monoisotopic (exact) mass is 231 g/mol. The van der Waals surface area contributed by atoms with Gasteiger partial charge in [-0.15, -0.1) is 0 Å². The zero-order chi connectivity index (χ0) is 12.0. The van der Waals surface area contributed by atoms with E-state index in [1.54, 1.807) is 0 Å². The van der Waals surface area contributed by atoms with Crippen LogP contribution >= 0.6 is 0 Å². The van der Waals surface area contributed by atoms with E-state index in [-0.39, 0.29) is 11.8 Å². The Morgan fingerprint density at radius 3 is 2.65 bits per heavy atom. The van der Waals surface area contributed by atoms with E-state index in [1.165, 1.54) is 0 Å². The Hall–Kier alpha value is -1.35. The summed E-state index contributed by atoms with van der Waals surface area (Å²) in [7, 11) is 0. The molecule has 2 aliphatic carbocycles. The molecular formula is C14H17NO2. The molecule has 1 aromatic rings. The van der Waals surface area contributed by atoms with E-state index >= 15 is 0 Å². The van der Waals surface area contributed by atoms with Crippen molar-refractivity contribution in [2.75, 3.05) is 0 Å². The molecule has 3 heteroatoms. The van der Waals surface area contributed by atoms with Gasteiger partial charge in [-0.1, -0.05) is 30.3 Å². The Kier molecular flexibility index (Phi) is 2.26. The lowest BCUT2D eigenvalue weighted by molar-refractivity contribution is -0.146. The molecule has 2 aliphatic rings. The quantitative estimate of drug-likeness (QED) is 0.818. The summed E-state index contributed by atoms with van der Waals surface area (Å²) >= 11 is 0. The van der Waals surface area contributed by atoms with Crippen LogP contribution in [0.2, 0.25) is 0 Å². The first kappa shape index (κ1) is 10.8. The lowest BCUT2D eigenvalue weighted by atomic mass is 9.70. The van der Waals surface area contributed by atoms with Crippen molar-refractivity contribution in [1.29, 1.82) is 0 Å². The van der Waals surface area contributed by atoms with Gasteiger partial charge in [0.05, 0.1) is 0 Å². The van der Waals surface area contributed by atoms with Crippen molar-refractivity contribution >= 4 is 5.97 Å². The highest BCUT2D eigenvalue weighted by Crippen LogP contribution is 2.57. The third kappa shape index (κ3) is 1.35. The average Bonchev–Trinajstić information content (AvgIpc) is 2.89. The van der Waals surface area contributed by atoms with Crippen LogP contribution in [0.15, 0.2) is 30.3 Å². The second kappa shape index (κ2) is 3.57. The van der Waals surface area contributed by atoms with Gasteiger partial charge in [-0.25, -0.2) is 0 Å². The largest absolute Gasteiger partial charge is 0.480 e. The van der Waals surface area contributed by atoms with Crippen LogP contribution in [-0.4, -0.2) is 16.6 Å². The van der Waals surface area contributed by atoms with Crippen LogP contribution in [0.1, 0.15) is 30.7 Å². The molecule has 0 unspecified atom stereocenters. The average molecular weight is 231 g/mol. The van der Waals surface area contributed by atoms with Crippen LogP contribution in [0.25, 0.3) is 0 Å². The van der Waals surface area contributed by atoms with Crippen LogP contribution in [-0.2, 0) is 4.79 Å². The number of carboxylic acids is 1. The Morgan fingerprint density at radius 1 is 1.29 bits per heavy atom. The normalized spacial score (nSPS) is 39.5. The number of nitrogens with two attached hydrogens (primary N) is 1. The maximum atomic E-state index is 11.6. The van der Waals surface area contributed by atoms with Crippen LogP contribution in [0.4, 0.5) is 0 Å². The summed E-state index contributed by atoms with van der Waals surface area (Å²) in [5, 5.41) is 9.50. The van der Waals surface area contributed by atoms with E-state index in [0.717, 1.165) is 24.8 Å². The Labute approximate surface area is 101 Å². The molecule has 2 bridgehead atoms. The second-order valence-electron chi connectivity index (χ2n) is 5.40. The zero-order valence-corrected chi connectivity index (χ0v) is 9.67. The summed E-state index contributed by atoms with van der Waals surface area (Å²) in [5.41, 5.74) is 6.30. The Balaban J connectivity index is 2.06. The molecule has 3 rings (SSSR count). The first-order valence-electron chi connectivity index (χ1n) is 6.21. The molecule has 0 aromatic heterocycles. The maximum absolute atomic E-state index is 11.6. The molecule has 3 N–H and O–H groups in total. The molecule has 3 nitrogen and oxygen atoms in total. The maximum Gasteiger partial charge on any atom is 0.324 e. The number of fused-ring (bicyclic) bond motifs is 2. The van der Waals surface area contributed by atoms with Crippen molar-refractivity contribution in [2.45, 2.75) is 30.7 Å². The lowest BCUT2D eigenvalue weighted by Gasteiger charge is -2.37. The molecule has 2 saturated carbocycles. The van der Waals surface area contributed by atoms with E-state index in [4.69, 9.17) is 5.73 Å². The van der Waals surface area contributed by atoms with Crippen LogP contribution in [0, 0.1) is 11.8 Å². The first-order valence-corrected chi connectivity index (χ1v) is 6.21. The fourth-order valence-corrected chi connectivity index (χ4v) is 3.91. The summed E-state index contributed by atoms with van der Waals surface area (Å²) in [4.78, 5) is 11.6. The molecule has 1 aromatic carbocycles. The number of rotatable bonds is 2. The van der Waals surface area contributed by atoms with Crippen molar-refractivity contribution in [3.05, 3.63) is 35.9 Å². The smallest absolute Gasteiger partial charge is 0.324 e. The standard InChI is InChI=1S/C14H17NO2/c15-14(13(16)17)11-7-6-10(8-11)12(14)9-4-2-1-3-5-9/h1-5,10-12H,6-8,15H2,(H,16,17)/t10-,11+,12+,14-/m0/s1. The molecule has 0 amide bonds. The van der Waals surface area contributed by atoms with Gasteiger partial charge in [0.2, 0.25) is 0 Å². The summed E-state index contributed by atoms with van der Waals surface area (Å²) in [5.74, 6) is -0.253. The number of carbonyl (C=O) groups is 1. The van der Waals surface area contributed by atoms with Gasteiger partial charge in [-0.2, -0.15) is 0 Å². The van der Waals surface area contributed by atoms with Gasteiger partial charge >= 0.3 is 5.97 Å². The summed E-state index contributed by atoms with van der Waals surface area (Å²) in [6.07, 6.45) is 3.07. The Bertz CT molecular complexity index is 445. The van der Waals surface area contributed by atoms with E-state index in [2.05, 4.69) is 0 Å². The third-order valence-corrected chi connectivity index (χ3v) is 4.66. The fraction of sp³-hybridized carbons (Fsp3) is 0.500. The summed E-state index contributed by atoms with van der Waals surface area (Å²) < 4.78 is 0. The van der Waals surface area contributed by atoms with Crippen LogP contribution in [0.3, 0.4) is 0 Å². The van der Waals surface area contributed by atoms with Gasteiger partial charge in [-0.3, -0.25) is 4.79 Å². The fourth-order valence-electron chi connectivity index (χ4n) is 3.91. The predicted octanol–water partition coefficient (Wildman–Crippen LogP) is 1.98. The second-order valence-corrected chi connectivity index (χ2v) is 5.40. The number of carboxylic acid groups (broad SMARTS) is 1. The van der Waals surface area contributed by atoms with Gasteiger partial charge in [0, 0.05) is 5.92 Å². The predicted molar refractivity (Wildman–Crippen MR) is 64.6 cm³/mol. The molecule has 0 radical (unpaired) electrons. The topological polar surface area (TPSA) is 63.3 Å². The first-order chi connectivity index (χ1) is 8.14. The van der Waals surface area contributed by atoms with Crippen LogP contribution in [0.5, 0.6) is 0 Å². The highest BCUT2D eigenvalue weighted by Gasteiger charge is 2.60. The van der Waals surface area contributed by atoms with Crippen molar-refractivity contribution < 1.29 is 9.90 Å². The molecular weight excluding hydrogens is 214 g/mol. The molecule has 90 valence electrons. The van der Waals surface area contributed by atoms with Gasteiger partial charge in [0.1, 0.15) is 5.54 Å². The third-order valence-electron chi connectivity index (χ3n) is 4.66. The van der Waals surface area contributed by atoms with Crippen molar-refractivity contribution in [3.8, 4) is 0 Å². The highest BCUT2D eigenvalue weighted by molar-refractivity contribution is 5.81. The number of benzene rings is 1. The number of hydrogen-bond acceptors (Lipinski definition) is 2. The van der Waals surface area contributed by atoms with Crippen molar-refractivity contribution in [3.63, 3.8) is 0 Å². The summed E-state index contributed by atoms with van der Waals surface area (Å²) in [6.45, 7) is 0. The Morgan fingerprint density at radius 2 is 2.00 bits per heavy atom. The van der Waals surface area contributed by atoms with Gasteiger partial charge < -0.3 is 10.8 Å². The molecule has 2 fully saturated rings. The molecule has 17 heavy (non-hydrogen) atoms. The molecule has 0 heterocycles. The van der Waals surface area contributed by atoms with Gasteiger partial charge in [0.15, 0.2) is 0 Å². The van der Waals surface area contributed by atoms with E-state index in [1.807, 2.05) is 30.3 Å². The van der Waals surface area contributed by atoms with Crippen molar-refractivity contribution in [1.82, 2.24) is 0 Å². The minimum Gasteiger partial charge on any atom is -0.480 e. The summed E-state index contributed by atoms with van der Waals surface area (Å²) in [6, 6.07) is 9.90. The van der Waals surface area contributed by atoms with E-state index in [0.29, 0.717) is 5.92 Å². The highest BCUT2D eigenvalue weighted by atomic mass is 16.4. The SMILES string of the molecule is N[C@@]1(C(=O)O)[C@@H]2CC[C@@H](C2)[C@H]1c1ccccc1. The van der Waals surface area contributed by atoms with E-state index in [9.17, 15) is 9.90 Å². The number of aliphatic carboxylic acids is 1. The molecule has 0 saturated heterocycles. The molecule has 4 atom stereocenters. The minimum atomic E-state index is -1.05. The zero-order valence-electron chi connectivity index (χ0n) is 9.67. The van der Waals surface area contributed by atoms with Gasteiger partial charge in [0.25, 0.3) is 0 Å². The van der Waals surface area contributed by atoms with Crippen molar-refractivity contribution in [2.24, 2.45) is 17.6 Å². The lowest BCUT2D eigenvalue weighted by Crippen LogP contribution is -2.56. The van der Waals surface area contributed by atoms with Crippen LogP contribution < -0.4 is 5.73 Å².